The Kier molecular flexibility index (Phi) is 4.51. The largest absolute Gasteiger partial charge is 0.360 e. The molecule has 0 amide bonds. The summed E-state index contributed by atoms with van der Waals surface area (Å²) in [6, 6.07) is 16.2. The quantitative estimate of drug-likeness (QED) is 0.654. The van der Waals surface area contributed by atoms with Crippen LogP contribution in [0.1, 0.15) is 12.7 Å². The second-order valence-electron chi connectivity index (χ2n) is 5.21. The minimum absolute atomic E-state index is 0.104. The first-order valence-corrected chi connectivity index (χ1v) is 8.95. The predicted molar refractivity (Wildman–Crippen MR) is 90.9 cm³/mol. The van der Waals surface area contributed by atoms with Crippen molar-refractivity contribution in [2.45, 2.75) is 18.7 Å². The molecule has 0 saturated heterocycles. The van der Waals surface area contributed by atoms with Gasteiger partial charge in [-0.2, -0.15) is 8.42 Å². The normalized spacial score (nSPS) is 11.6. The molecule has 3 aromatic rings. The second-order valence-corrected chi connectivity index (χ2v) is 6.83. The van der Waals surface area contributed by atoms with Gasteiger partial charge in [-0.25, -0.2) is 0 Å². The fraction of sp³-hybridized carbons (Fsp3) is 0.167. The number of hydrogen-bond donors (Lipinski definition) is 0. The molecule has 0 N–H and O–H groups in total. The van der Waals surface area contributed by atoms with Gasteiger partial charge < -0.3 is 4.52 Å². The molecule has 1 aromatic heterocycles. The van der Waals surface area contributed by atoms with E-state index in [0.29, 0.717) is 5.76 Å². The fourth-order valence-corrected chi connectivity index (χ4v) is 3.43. The molecule has 124 valence electrons. The summed E-state index contributed by atoms with van der Waals surface area (Å²) in [6.45, 7) is 3.57. The molecule has 24 heavy (non-hydrogen) atoms. The van der Waals surface area contributed by atoms with Gasteiger partial charge in [-0.3, -0.25) is 4.18 Å². The Morgan fingerprint density at radius 3 is 2.29 bits per heavy atom. The zero-order chi connectivity index (χ0) is 17.2. The molecule has 0 aliphatic carbocycles. The van der Waals surface area contributed by atoms with E-state index in [2.05, 4.69) is 5.16 Å². The third kappa shape index (κ3) is 3.11. The van der Waals surface area contributed by atoms with Crippen LogP contribution in [0, 0.1) is 6.92 Å². The number of aromatic nitrogens is 1. The zero-order valence-electron chi connectivity index (χ0n) is 13.4. The minimum atomic E-state index is -3.71. The molecule has 6 heteroatoms. The van der Waals surface area contributed by atoms with Crippen molar-refractivity contribution in [2.75, 3.05) is 6.61 Å². The summed E-state index contributed by atoms with van der Waals surface area (Å²) in [7, 11) is -3.71. The molecule has 0 fully saturated rings. The first kappa shape index (κ1) is 16.4. The number of rotatable bonds is 5. The summed E-state index contributed by atoms with van der Waals surface area (Å²) >= 11 is 0. The maximum Gasteiger partial charge on any atom is 0.296 e. The number of aryl methyl sites for hydroxylation is 1. The Balaban J connectivity index is 2.04. The van der Waals surface area contributed by atoms with Crippen LogP contribution in [0.25, 0.3) is 22.4 Å². The lowest BCUT2D eigenvalue weighted by molar-refractivity contribution is 0.338. The Morgan fingerprint density at radius 2 is 1.67 bits per heavy atom. The predicted octanol–water partition coefficient (Wildman–Crippen LogP) is 4.04. The van der Waals surface area contributed by atoms with Crippen LogP contribution in [-0.2, 0) is 14.3 Å². The number of nitrogens with zero attached hydrogens (tertiary/aromatic N) is 1. The van der Waals surface area contributed by atoms with Crippen molar-refractivity contribution in [3.05, 3.63) is 60.4 Å². The van der Waals surface area contributed by atoms with Crippen molar-refractivity contribution in [1.29, 1.82) is 0 Å². The van der Waals surface area contributed by atoms with Crippen molar-refractivity contribution in [1.82, 2.24) is 5.16 Å². The highest BCUT2D eigenvalue weighted by atomic mass is 32.2. The van der Waals surface area contributed by atoms with Gasteiger partial charge in [0.2, 0.25) is 0 Å². The summed E-state index contributed by atoms with van der Waals surface area (Å²) in [6.07, 6.45) is 0. The third-order valence-electron chi connectivity index (χ3n) is 3.61. The van der Waals surface area contributed by atoms with Crippen LogP contribution in [0.3, 0.4) is 0 Å². The monoisotopic (exact) mass is 343 g/mol. The van der Waals surface area contributed by atoms with Gasteiger partial charge in [0.05, 0.1) is 17.1 Å². The third-order valence-corrected chi connectivity index (χ3v) is 5.01. The smallest absolute Gasteiger partial charge is 0.296 e. The highest BCUT2D eigenvalue weighted by Crippen LogP contribution is 2.34. The van der Waals surface area contributed by atoms with Crippen molar-refractivity contribution >= 4 is 10.1 Å². The Hall–Kier alpha value is -2.44. The minimum Gasteiger partial charge on any atom is -0.360 e. The molecular formula is C18H17NO4S. The van der Waals surface area contributed by atoms with E-state index >= 15 is 0 Å². The lowest BCUT2D eigenvalue weighted by Crippen LogP contribution is -2.05. The van der Waals surface area contributed by atoms with Gasteiger partial charge >= 0.3 is 0 Å². The van der Waals surface area contributed by atoms with Crippen LogP contribution in [-0.4, -0.2) is 20.2 Å². The Labute approximate surface area is 141 Å². The van der Waals surface area contributed by atoms with Crippen molar-refractivity contribution in [3.63, 3.8) is 0 Å². The molecule has 0 aliphatic rings. The van der Waals surface area contributed by atoms with Crippen LogP contribution in [0.15, 0.2) is 64.0 Å². The second kappa shape index (κ2) is 6.59. The van der Waals surface area contributed by atoms with Gasteiger partial charge in [-0.1, -0.05) is 47.6 Å². The van der Waals surface area contributed by atoms with E-state index in [1.54, 1.807) is 19.1 Å². The van der Waals surface area contributed by atoms with E-state index in [1.807, 2.05) is 37.3 Å². The van der Waals surface area contributed by atoms with Crippen LogP contribution in [0.4, 0.5) is 0 Å². The maximum atomic E-state index is 11.9. The van der Waals surface area contributed by atoms with Crippen LogP contribution in [0.2, 0.25) is 0 Å². The number of benzene rings is 2. The average molecular weight is 343 g/mol. The van der Waals surface area contributed by atoms with Crippen LogP contribution >= 0.6 is 0 Å². The van der Waals surface area contributed by atoms with E-state index in [4.69, 9.17) is 8.71 Å². The molecule has 0 unspecified atom stereocenters. The fourth-order valence-electron chi connectivity index (χ4n) is 2.52. The van der Waals surface area contributed by atoms with Crippen molar-refractivity contribution < 1.29 is 17.1 Å². The molecule has 0 saturated carbocycles. The average Bonchev–Trinajstić information content (AvgIpc) is 2.97. The van der Waals surface area contributed by atoms with Gasteiger partial charge in [0.25, 0.3) is 10.1 Å². The molecule has 2 aromatic carbocycles. The first-order valence-electron chi connectivity index (χ1n) is 7.54. The van der Waals surface area contributed by atoms with Gasteiger partial charge in [0.1, 0.15) is 11.5 Å². The molecule has 3 rings (SSSR count). The van der Waals surface area contributed by atoms with E-state index in [0.717, 1.165) is 22.4 Å². The van der Waals surface area contributed by atoms with Gasteiger partial charge in [-0.05, 0) is 31.5 Å². The van der Waals surface area contributed by atoms with E-state index in [-0.39, 0.29) is 11.5 Å². The molecule has 1 heterocycles. The van der Waals surface area contributed by atoms with Crippen molar-refractivity contribution in [2.24, 2.45) is 0 Å². The van der Waals surface area contributed by atoms with Crippen LogP contribution in [0.5, 0.6) is 0 Å². The molecule has 5 nitrogen and oxygen atoms in total. The lowest BCUT2D eigenvalue weighted by atomic mass is 10.00. The lowest BCUT2D eigenvalue weighted by Gasteiger charge is -2.06. The van der Waals surface area contributed by atoms with Crippen LogP contribution < -0.4 is 0 Å². The summed E-state index contributed by atoms with van der Waals surface area (Å²) in [5, 5.41) is 4.15. The van der Waals surface area contributed by atoms with E-state index < -0.39 is 10.1 Å². The molecular weight excluding hydrogens is 326 g/mol. The van der Waals surface area contributed by atoms with E-state index in [1.165, 1.54) is 12.1 Å². The summed E-state index contributed by atoms with van der Waals surface area (Å²) in [5.74, 6) is 0.675. The van der Waals surface area contributed by atoms with Gasteiger partial charge in [-0.15, -0.1) is 0 Å². The van der Waals surface area contributed by atoms with E-state index in [9.17, 15) is 8.42 Å². The summed E-state index contributed by atoms with van der Waals surface area (Å²) < 4.78 is 34.0. The summed E-state index contributed by atoms with van der Waals surface area (Å²) in [4.78, 5) is 0.128. The molecule has 0 spiro atoms. The van der Waals surface area contributed by atoms with Crippen molar-refractivity contribution in [3.8, 4) is 22.4 Å². The molecule has 0 aliphatic heterocycles. The highest BCUT2D eigenvalue weighted by molar-refractivity contribution is 7.86. The van der Waals surface area contributed by atoms with Gasteiger partial charge in [0.15, 0.2) is 0 Å². The standard InChI is InChI=1S/C18H17NO4S/c1-3-22-24(20,21)16-11-9-14(10-12-16)17-13(2)23-19-18(17)15-7-5-4-6-8-15/h4-12H,3H2,1-2H3. The first-order chi connectivity index (χ1) is 11.5. The SMILES string of the molecule is CCOS(=O)(=O)c1ccc(-c2c(-c3ccccc3)noc2C)cc1. The van der Waals surface area contributed by atoms with Gasteiger partial charge in [0, 0.05) is 5.56 Å². The maximum absolute atomic E-state index is 11.9. The Bertz CT molecular complexity index is 929. The molecule has 0 radical (unpaired) electrons. The Morgan fingerprint density at radius 1 is 1.00 bits per heavy atom. The zero-order valence-corrected chi connectivity index (χ0v) is 14.2. The summed E-state index contributed by atoms with van der Waals surface area (Å²) in [5.41, 5.74) is 3.36. The number of hydrogen-bond acceptors (Lipinski definition) is 5. The molecule has 0 bridgehead atoms. The molecule has 0 atom stereocenters. The highest BCUT2D eigenvalue weighted by Gasteiger charge is 2.18. The topological polar surface area (TPSA) is 69.4 Å².